The molecule has 1 rings (SSSR count). The van der Waals surface area contributed by atoms with E-state index in [9.17, 15) is 13.0 Å². The van der Waals surface area contributed by atoms with Crippen molar-refractivity contribution in [2.45, 2.75) is 26.7 Å². The van der Waals surface area contributed by atoms with Gasteiger partial charge in [0.1, 0.15) is 22.6 Å². The van der Waals surface area contributed by atoms with E-state index in [1.165, 1.54) is 6.92 Å². The third kappa shape index (κ3) is 3.34. The lowest BCUT2D eigenvalue weighted by molar-refractivity contribution is 0.422. The van der Waals surface area contributed by atoms with Crippen LogP contribution in [0.4, 0.5) is 0 Å². The standard InChI is InChI=1S/C12H15N3O3S/c1-9(11(7-13)8-14)12(19(16,17)18)10(2)15-5-3-4-6-15/h3-6H2,1-2H3,(H,16,17,18)/b12-10-. The molecule has 0 aromatic carbocycles. The quantitative estimate of drug-likeness (QED) is 0.478. The summed E-state index contributed by atoms with van der Waals surface area (Å²) in [6.45, 7) is 4.33. The molecule has 7 heteroatoms. The van der Waals surface area contributed by atoms with Gasteiger partial charge in [0.2, 0.25) is 0 Å². The summed E-state index contributed by atoms with van der Waals surface area (Å²) in [6, 6.07) is 3.28. The van der Waals surface area contributed by atoms with Crippen LogP contribution in [0.2, 0.25) is 0 Å². The Balaban J connectivity index is 3.49. The van der Waals surface area contributed by atoms with Crippen molar-refractivity contribution in [1.29, 1.82) is 10.5 Å². The maximum absolute atomic E-state index is 11.5. The molecular weight excluding hydrogens is 266 g/mol. The minimum absolute atomic E-state index is 0.0168. The third-order valence-electron chi connectivity index (χ3n) is 3.11. The predicted molar refractivity (Wildman–Crippen MR) is 69.0 cm³/mol. The van der Waals surface area contributed by atoms with E-state index < -0.39 is 10.1 Å². The van der Waals surface area contributed by atoms with Crippen LogP contribution in [-0.2, 0) is 10.1 Å². The smallest absolute Gasteiger partial charge is 0.296 e. The summed E-state index contributed by atoms with van der Waals surface area (Å²) >= 11 is 0. The highest BCUT2D eigenvalue weighted by Gasteiger charge is 2.26. The maximum atomic E-state index is 11.5. The van der Waals surface area contributed by atoms with Gasteiger partial charge in [0, 0.05) is 24.4 Å². The SMILES string of the molecule is CC(=C(C#N)C#N)/C(=C(\C)N1CCCC1)S(=O)(=O)O. The van der Waals surface area contributed by atoms with Crippen LogP contribution in [0.25, 0.3) is 0 Å². The zero-order chi connectivity index (χ0) is 14.6. The number of allylic oxidation sites excluding steroid dienone is 3. The largest absolute Gasteiger partial charge is 0.374 e. The molecule has 1 N–H and O–H groups in total. The van der Waals surface area contributed by atoms with Gasteiger partial charge in [-0.1, -0.05) is 0 Å². The van der Waals surface area contributed by atoms with Crippen LogP contribution in [-0.4, -0.2) is 31.0 Å². The molecule has 0 atom stereocenters. The van der Waals surface area contributed by atoms with Gasteiger partial charge in [-0.3, -0.25) is 4.55 Å². The molecule has 1 aliphatic rings. The van der Waals surface area contributed by atoms with Gasteiger partial charge < -0.3 is 4.90 Å². The van der Waals surface area contributed by atoms with E-state index in [0.29, 0.717) is 18.8 Å². The highest BCUT2D eigenvalue weighted by atomic mass is 32.2. The van der Waals surface area contributed by atoms with Crippen molar-refractivity contribution in [3.63, 3.8) is 0 Å². The fourth-order valence-electron chi connectivity index (χ4n) is 2.15. The van der Waals surface area contributed by atoms with Crippen molar-refractivity contribution < 1.29 is 13.0 Å². The Bertz CT molecular complexity index is 596. The van der Waals surface area contributed by atoms with E-state index in [1.54, 1.807) is 19.1 Å². The molecule has 1 heterocycles. The van der Waals surface area contributed by atoms with Crippen LogP contribution in [0.3, 0.4) is 0 Å². The molecule has 19 heavy (non-hydrogen) atoms. The van der Waals surface area contributed by atoms with Crippen LogP contribution in [0.15, 0.2) is 21.7 Å². The molecule has 6 nitrogen and oxygen atoms in total. The number of likely N-dealkylation sites (tertiary alicyclic amines) is 1. The van der Waals surface area contributed by atoms with Gasteiger partial charge in [-0.05, 0) is 26.7 Å². The highest BCUT2D eigenvalue weighted by Crippen LogP contribution is 2.27. The van der Waals surface area contributed by atoms with Gasteiger partial charge in [0.05, 0.1) is 0 Å². The second kappa shape index (κ2) is 5.87. The molecule has 1 saturated heterocycles. The molecule has 0 bridgehead atoms. The van der Waals surface area contributed by atoms with Crippen molar-refractivity contribution in [2.75, 3.05) is 13.1 Å². The molecule has 1 aliphatic heterocycles. The Morgan fingerprint density at radius 2 is 1.63 bits per heavy atom. The predicted octanol–water partition coefficient (Wildman–Crippen LogP) is 1.57. The Hall–Kier alpha value is -1.83. The fourth-order valence-corrected chi connectivity index (χ4v) is 3.15. The molecular formula is C12H15N3O3S. The van der Waals surface area contributed by atoms with Gasteiger partial charge in [-0.25, -0.2) is 0 Å². The van der Waals surface area contributed by atoms with Gasteiger partial charge in [0.25, 0.3) is 10.1 Å². The molecule has 102 valence electrons. The number of rotatable bonds is 3. The fraction of sp³-hybridized carbons (Fsp3) is 0.500. The molecule has 0 aliphatic carbocycles. The summed E-state index contributed by atoms with van der Waals surface area (Å²) in [5.41, 5.74) is 0.0450. The molecule has 0 spiro atoms. The molecule has 0 amide bonds. The lowest BCUT2D eigenvalue weighted by atomic mass is 10.1. The Labute approximate surface area is 113 Å². The maximum Gasteiger partial charge on any atom is 0.296 e. The van der Waals surface area contributed by atoms with E-state index >= 15 is 0 Å². The van der Waals surface area contributed by atoms with Crippen LogP contribution < -0.4 is 0 Å². The van der Waals surface area contributed by atoms with E-state index in [-0.39, 0.29) is 16.1 Å². The van der Waals surface area contributed by atoms with Crippen molar-refractivity contribution in [3.8, 4) is 12.1 Å². The van der Waals surface area contributed by atoms with Crippen LogP contribution in [0.1, 0.15) is 26.7 Å². The first kappa shape index (κ1) is 15.2. The molecule has 0 radical (unpaired) electrons. The molecule has 0 saturated carbocycles. The first-order valence-electron chi connectivity index (χ1n) is 5.77. The summed E-state index contributed by atoms with van der Waals surface area (Å²) in [5, 5.41) is 17.6. The number of nitriles is 2. The van der Waals surface area contributed by atoms with E-state index in [0.717, 1.165) is 12.8 Å². The van der Waals surface area contributed by atoms with Crippen molar-refractivity contribution >= 4 is 10.1 Å². The second-order valence-electron chi connectivity index (χ2n) is 4.31. The van der Waals surface area contributed by atoms with E-state index in [4.69, 9.17) is 10.5 Å². The van der Waals surface area contributed by atoms with Gasteiger partial charge >= 0.3 is 0 Å². The lowest BCUT2D eigenvalue weighted by Crippen LogP contribution is -2.21. The molecule has 0 aromatic rings. The minimum atomic E-state index is -4.49. The summed E-state index contributed by atoms with van der Waals surface area (Å²) in [4.78, 5) is 1.49. The Morgan fingerprint density at radius 3 is 2.00 bits per heavy atom. The van der Waals surface area contributed by atoms with Crippen molar-refractivity contribution in [3.05, 3.63) is 21.7 Å². The Morgan fingerprint density at radius 1 is 1.16 bits per heavy atom. The van der Waals surface area contributed by atoms with E-state index in [1.807, 2.05) is 4.90 Å². The highest BCUT2D eigenvalue weighted by molar-refractivity contribution is 7.90. The van der Waals surface area contributed by atoms with Gasteiger partial charge in [0.15, 0.2) is 0 Å². The average Bonchev–Trinajstić information content (AvgIpc) is 2.82. The monoisotopic (exact) mass is 281 g/mol. The topological polar surface area (TPSA) is 105 Å². The summed E-state index contributed by atoms with van der Waals surface area (Å²) in [7, 11) is -4.49. The van der Waals surface area contributed by atoms with Crippen LogP contribution in [0.5, 0.6) is 0 Å². The van der Waals surface area contributed by atoms with Crippen LogP contribution >= 0.6 is 0 Å². The van der Waals surface area contributed by atoms with Gasteiger partial charge in [-0.15, -0.1) is 0 Å². The van der Waals surface area contributed by atoms with Crippen molar-refractivity contribution in [2.24, 2.45) is 0 Å². The molecule has 1 fully saturated rings. The lowest BCUT2D eigenvalue weighted by Gasteiger charge is -2.21. The molecule has 0 aromatic heterocycles. The van der Waals surface area contributed by atoms with Gasteiger partial charge in [-0.2, -0.15) is 18.9 Å². The summed E-state index contributed by atoms with van der Waals surface area (Å²) in [5.74, 6) is 0. The van der Waals surface area contributed by atoms with Crippen LogP contribution in [0, 0.1) is 22.7 Å². The number of nitrogens with zero attached hydrogens (tertiary/aromatic N) is 3. The first-order chi connectivity index (χ1) is 8.82. The summed E-state index contributed by atoms with van der Waals surface area (Å²) in [6.07, 6.45) is 1.89. The number of hydrogen-bond acceptors (Lipinski definition) is 5. The average molecular weight is 281 g/mol. The third-order valence-corrected chi connectivity index (χ3v) is 4.22. The normalized spacial score (nSPS) is 16.4. The summed E-state index contributed by atoms with van der Waals surface area (Å²) < 4.78 is 32.4. The van der Waals surface area contributed by atoms with Crippen molar-refractivity contribution in [1.82, 2.24) is 4.90 Å². The number of hydrogen-bond donors (Lipinski definition) is 1. The molecule has 0 unspecified atom stereocenters. The minimum Gasteiger partial charge on any atom is -0.374 e. The zero-order valence-corrected chi connectivity index (χ0v) is 11.7. The first-order valence-corrected chi connectivity index (χ1v) is 7.21. The zero-order valence-electron chi connectivity index (χ0n) is 10.8. The second-order valence-corrected chi connectivity index (χ2v) is 5.67. The Kier molecular flexibility index (Phi) is 4.71. The van der Waals surface area contributed by atoms with E-state index in [2.05, 4.69) is 0 Å².